The van der Waals surface area contributed by atoms with Crippen molar-refractivity contribution in [1.29, 1.82) is 0 Å². The smallest absolute Gasteiger partial charge is 0.344 e. The summed E-state index contributed by atoms with van der Waals surface area (Å²) < 4.78 is 21.2. The minimum absolute atomic E-state index is 0.00686. The van der Waals surface area contributed by atoms with Gasteiger partial charge in [-0.25, -0.2) is 19.2 Å². The van der Waals surface area contributed by atoms with Crippen LogP contribution in [-0.4, -0.2) is 69.7 Å². The average Bonchev–Trinajstić information content (AvgIpc) is 2.80. The Morgan fingerprint density at radius 1 is 0.600 bits per heavy atom. The molecule has 2 N–H and O–H groups in total. The molecule has 0 spiro atoms. The number of carbonyl (C=O) groups is 4. The summed E-state index contributed by atoms with van der Waals surface area (Å²) >= 11 is 0. The Morgan fingerprint density at radius 2 is 1.04 bits per heavy atom. The largest absolute Gasteiger partial charge is 0.456 e. The van der Waals surface area contributed by atoms with Crippen LogP contribution in [-0.2, 0) is 38.1 Å². The highest BCUT2D eigenvalue weighted by atomic mass is 16.6. The van der Waals surface area contributed by atoms with Gasteiger partial charge in [0, 0.05) is 24.0 Å². The first-order valence-corrected chi connectivity index (χ1v) is 16.1. The second-order valence-electron chi connectivity index (χ2n) is 17.0. The number of carbonyl (C=O) groups excluding carboxylic acids is 4. The van der Waals surface area contributed by atoms with E-state index in [1.807, 2.05) is 0 Å². The first-order chi connectivity index (χ1) is 20.6. The molecule has 0 heterocycles. The lowest BCUT2D eigenvalue weighted by atomic mass is 9.42. The minimum atomic E-state index is -0.743. The second-order valence-corrected chi connectivity index (χ2v) is 17.0. The number of ether oxygens (including phenoxy) is 4. The lowest BCUT2D eigenvalue weighted by Gasteiger charge is -2.67. The molecule has 0 amide bonds. The Kier molecular flexibility index (Phi) is 8.17. The molecule has 8 bridgehead atoms. The van der Waals surface area contributed by atoms with Gasteiger partial charge in [0.2, 0.25) is 0 Å². The van der Waals surface area contributed by atoms with E-state index < -0.39 is 59.5 Å². The zero-order valence-electron chi connectivity index (χ0n) is 27.6. The van der Waals surface area contributed by atoms with Crippen molar-refractivity contribution < 1.29 is 48.3 Å². The molecule has 8 aliphatic rings. The van der Waals surface area contributed by atoms with Crippen LogP contribution >= 0.6 is 0 Å². The number of hydrogen-bond donors (Lipinski definition) is 2. The van der Waals surface area contributed by atoms with Crippen molar-refractivity contribution in [3.63, 3.8) is 0 Å². The van der Waals surface area contributed by atoms with Gasteiger partial charge in [-0.05, 0) is 100 Å². The Balaban J connectivity index is 0.000000178. The van der Waals surface area contributed by atoms with Crippen LogP contribution in [0.25, 0.3) is 0 Å². The molecule has 8 fully saturated rings. The van der Waals surface area contributed by atoms with Gasteiger partial charge in [0.25, 0.3) is 0 Å². The molecule has 6 atom stereocenters. The van der Waals surface area contributed by atoms with Crippen LogP contribution in [0.5, 0.6) is 0 Å². The van der Waals surface area contributed by atoms with Crippen molar-refractivity contribution in [2.45, 2.75) is 134 Å². The maximum Gasteiger partial charge on any atom is 0.344 e. The fraction of sp³-hybridized carbons (Fsp3) is 0.771. The van der Waals surface area contributed by atoms with Gasteiger partial charge in [-0.3, -0.25) is 0 Å². The number of rotatable bonds is 8. The molecule has 0 aliphatic heterocycles. The number of aliphatic hydroxyl groups is 2. The quantitative estimate of drug-likeness (QED) is 0.221. The highest BCUT2D eigenvalue weighted by Gasteiger charge is 2.67. The van der Waals surface area contributed by atoms with E-state index in [0.717, 1.165) is 64.2 Å². The molecule has 10 heteroatoms. The maximum atomic E-state index is 12.2. The molecule has 0 saturated heterocycles. The van der Waals surface area contributed by atoms with Gasteiger partial charge in [-0.2, -0.15) is 0 Å². The molecule has 0 aromatic rings. The SMILES string of the molecule is C=C(C)C(=O)OCC(=O)OC12CC3(C)CC(C)(CC(O)(C3)C1)C2.C=C(C)C(=O)OCC(=O)OC12CC3CC(C)(CC(O)(C3)C1)C2. The van der Waals surface area contributed by atoms with Gasteiger partial charge in [0.05, 0.1) is 11.2 Å². The van der Waals surface area contributed by atoms with Gasteiger partial charge in [0.1, 0.15) is 11.2 Å². The van der Waals surface area contributed by atoms with E-state index >= 15 is 0 Å². The van der Waals surface area contributed by atoms with Gasteiger partial charge in [-0.15, -0.1) is 0 Å². The van der Waals surface area contributed by atoms with Crippen molar-refractivity contribution in [2.24, 2.45) is 22.2 Å². The van der Waals surface area contributed by atoms with Crippen LogP contribution in [0.2, 0.25) is 0 Å². The summed E-state index contributed by atoms with van der Waals surface area (Å²) in [6.07, 6.45) is 9.47. The number of esters is 4. The summed E-state index contributed by atoms with van der Waals surface area (Å²) in [6, 6.07) is 0. The molecule has 0 aromatic heterocycles. The predicted octanol–water partition coefficient (Wildman–Crippen LogP) is 4.64. The molecule has 0 radical (unpaired) electrons. The van der Waals surface area contributed by atoms with Crippen LogP contribution in [0.4, 0.5) is 0 Å². The summed E-state index contributed by atoms with van der Waals surface area (Å²) in [6.45, 7) is 15.7. The zero-order valence-corrected chi connectivity index (χ0v) is 27.6. The molecular weight excluding hydrogens is 580 g/mol. The van der Waals surface area contributed by atoms with Crippen molar-refractivity contribution in [3.05, 3.63) is 24.3 Å². The van der Waals surface area contributed by atoms with Crippen LogP contribution < -0.4 is 0 Å². The predicted molar refractivity (Wildman–Crippen MR) is 162 cm³/mol. The van der Waals surface area contributed by atoms with Gasteiger partial charge < -0.3 is 29.2 Å². The van der Waals surface area contributed by atoms with E-state index in [9.17, 15) is 29.4 Å². The van der Waals surface area contributed by atoms with Crippen LogP contribution in [0.3, 0.4) is 0 Å². The van der Waals surface area contributed by atoms with E-state index in [1.54, 1.807) is 0 Å². The van der Waals surface area contributed by atoms with E-state index in [-0.39, 0.29) is 27.4 Å². The Morgan fingerprint density at radius 3 is 1.49 bits per heavy atom. The van der Waals surface area contributed by atoms with Gasteiger partial charge in [0.15, 0.2) is 13.2 Å². The molecule has 8 rings (SSSR count). The number of hydrogen-bond acceptors (Lipinski definition) is 10. The Bertz CT molecular complexity index is 1240. The molecule has 8 saturated carbocycles. The fourth-order valence-electron chi connectivity index (χ4n) is 11.6. The first-order valence-electron chi connectivity index (χ1n) is 16.1. The summed E-state index contributed by atoms with van der Waals surface area (Å²) in [5.74, 6) is -1.85. The lowest BCUT2D eigenvalue weighted by molar-refractivity contribution is -0.261. The van der Waals surface area contributed by atoms with E-state index in [0.29, 0.717) is 18.8 Å². The summed E-state index contributed by atoms with van der Waals surface area (Å²) in [7, 11) is 0. The normalized spacial score (nSPS) is 43.0. The fourth-order valence-corrected chi connectivity index (χ4v) is 11.6. The van der Waals surface area contributed by atoms with Gasteiger partial charge in [-0.1, -0.05) is 33.9 Å². The summed E-state index contributed by atoms with van der Waals surface area (Å²) in [4.78, 5) is 46.9. The van der Waals surface area contributed by atoms with Crippen LogP contribution in [0.1, 0.15) is 112 Å². The van der Waals surface area contributed by atoms with Crippen LogP contribution in [0.15, 0.2) is 24.3 Å². The Labute approximate surface area is 265 Å². The van der Waals surface area contributed by atoms with E-state index in [2.05, 4.69) is 33.9 Å². The third kappa shape index (κ3) is 7.17. The van der Waals surface area contributed by atoms with Crippen molar-refractivity contribution in [2.75, 3.05) is 13.2 Å². The van der Waals surface area contributed by atoms with Crippen molar-refractivity contribution >= 4 is 23.9 Å². The maximum absolute atomic E-state index is 12.2. The highest BCUT2D eigenvalue weighted by molar-refractivity contribution is 5.89. The summed E-state index contributed by atoms with van der Waals surface area (Å²) in [5, 5.41) is 21.7. The van der Waals surface area contributed by atoms with Gasteiger partial charge >= 0.3 is 23.9 Å². The molecule has 0 aromatic carbocycles. The zero-order chi connectivity index (χ0) is 33.3. The standard InChI is InChI=1S/C18H26O5.C17H24O5/c1-12(2)14(20)22-5-13(19)23-18-9-15(3)6-16(4,10-18)8-17(21,7-15)11-18;1-11(2)14(19)21-7-13(18)22-17-6-12-4-15(3,9-17)8-16(20,5-12)10-17/h21H,1,5-11H2,2-4H3;12,20H,1,4-10H2,2-3H3. The molecule has 250 valence electrons. The Hall–Kier alpha value is -2.72. The molecule has 8 aliphatic carbocycles. The third-order valence-corrected chi connectivity index (χ3v) is 10.8. The average molecular weight is 631 g/mol. The monoisotopic (exact) mass is 630 g/mol. The van der Waals surface area contributed by atoms with Crippen molar-refractivity contribution in [1.82, 2.24) is 0 Å². The topological polar surface area (TPSA) is 146 Å². The van der Waals surface area contributed by atoms with E-state index in [4.69, 9.17) is 18.9 Å². The third-order valence-electron chi connectivity index (χ3n) is 10.8. The molecule has 45 heavy (non-hydrogen) atoms. The minimum Gasteiger partial charge on any atom is -0.456 e. The summed E-state index contributed by atoms with van der Waals surface area (Å²) in [5.41, 5.74) is -2.10. The highest BCUT2D eigenvalue weighted by Crippen LogP contribution is 2.68. The lowest BCUT2D eigenvalue weighted by Crippen LogP contribution is -2.66. The second kappa shape index (κ2) is 10.9. The van der Waals surface area contributed by atoms with Crippen LogP contribution in [0, 0.1) is 22.2 Å². The van der Waals surface area contributed by atoms with Crippen molar-refractivity contribution in [3.8, 4) is 0 Å². The van der Waals surface area contributed by atoms with E-state index in [1.165, 1.54) is 13.8 Å². The molecule has 10 nitrogen and oxygen atoms in total. The molecular formula is C35H50O10. The molecule has 6 unspecified atom stereocenters. The first kappa shape index (κ1) is 33.6.